The lowest BCUT2D eigenvalue weighted by Gasteiger charge is -1.94. The average molecular weight is 226 g/mol. The van der Waals surface area contributed by atoms with Crippen LogP contribution in [0.4, 0.5) is 8.78 Å². The molecule has 0 amide bonds. The number of nitrogens with one attached hydrogen (secondary N) is 1. The topological polar surface area (TPSA) is 95.6 Å². The molecule has 1 aromatic carbocycles. The van der Waals surface area contributed by atoms with Crippen LogP contribution in [0.25, 0.3) is 0 Å². The van der Waals surface area contributed by atoms with Crippen LogP contribution in [-0.4, -0.2) is 9.79 Å². The molecule has 5 nitrogen and oxygen atoms in total. The first kappa shape index (κ1) is 13.2. The minimum atomic E-state index is -4.12. The Hall–Kier alpha value is -0.850. The van der Waals surface area contributed by atoms with Crippen LogP contribution in [0.3, 0.4) is 0 Å². The SMILES string of the molecule is Fc1ccc(F)cc1.NNP(=O)(O)O. The van der Waals surface area contributed by atoms with Gasteiger partial charge in [0.25, 0.3) is 0 Å². The van der Waals surface area contributed by atoms with Crippen molar-refractivity contribution in [3.05, 3.63) is 35.9 Å². The number of hydrogen-bond donors (Lipinski definition) is 4. The van der Waals surface area contributed by atoms with Gasteiger partial charge in [0.2, 0.25) is 0 Å². The summed E-state index contributed by atoms with van der Waals surface area (Å²) in [6.07, 6.45) is 0. The molecule has 0 aliphatic rings. The molecule has 0 atom stereocenters. The van der Waals surface area contributed by atoms with Gasteiger partial charge in [0.05, 0.1) is 0 Å². The summed E-state index contributed by atoms with van der Waals surface area (Å²) in [6.45, 7) is 0. The van der Waals surface area contributed by atoms with Gasteiger partial charge < -0.3 is 9.79 Å². The van der Waals surface area contributed by atoms with Crippen LogP contribution < -0.4 is 11.0 Å². The Morgan fingerprint density at radius 3 is 1.50 bits per heavy atom. The van der Waals surface area contributed by atoms with Gasteiger partial charge in [-0.2, -0.15) is 5.20 Å². The molecule has 0 heterocycles. The minimum absolute atomic E-state index is 0.411. The maximum Gasteiger partial charge on any atom is 0.413 e. The van der Waals surface area contributed by atoms with E-state index in [1.807, 2.05) is 0 Å². The van der Waals surface area contributed by atoms with Gasteiger partial charge in [-0.05, 0) is 24.3 Å². The first-order chi connectivity index (χ1) is 6.35. The van der Waals surface area contributed by atoms with E-state index in [-0.39, 0.29) is 0 Å². The standard InChI is InChI=1S/C6H4F2.H5N2O3P/c7-5-1-2-6(8)4-3-5;1-2-6(3,4)5/h1-4H;1H2,(H3,2,3,4,5). The number of nitrogens with two attached hydrogens (primary N) is 1. The highest BCUT2D eigenvalue weighted by Crippen LogP contribution is 2.24. The molecule has 1 aromatic rings. The predicted octanol–water partition coefficient (Wildman–Crippen LogP) is 0.507. The highest BCUT2D eigenvalue weighted by Gasteiger charge is 2.05. The minimum Gasteiger partial charge on any atom is -0.312 e. The van der Waals surface area contributed by atoms with E-state index < -0.39 is 19.4 Å². The fraction of sp³-hybridized carbons (Fsp3) is 0. The number of benzene rings is 1. The third-order valence-corrected chi connectivity index (χ3v) is 1.31. The molecule has 80 valence electrons. The summed E-state index contributed by atoms with van der Waals surface area (Å²) in [5, 5.41) is 1.27. The molecule has 0 aliphatic heterocycles. The molecular weight excluding hydrogens is 217 g/mol. The molecule has 1 rings (SSSR count). The van der Waals surface area contributed by atoms with Crippen LogP contribution in [0.2, 0.25) is 0 Å². The maximum absolute atomic E-state index is 11.9. The van der Waals surface area contributed by atoms with Crippen LogP contribution in [0, 0.1) is 11.6 Å². The molecule has 0 saturated heterocycles. The fourth-order valence-electron chi connectivity index (χ4n) is 0.430. The van der Waals surface area contributed by atoms with E-state index in [4.69, 9.17) is 9.79 Å². The zero-order valence-corrected chi connectivity index (χ0v) is 7.79. The van der Waals surface area contributed by atoms with E-state index >= 15 is 0 Å². The molecule has 0 saturated carbocycles. The summed E-state index contributed by atoms with van der Waals surface area (Å²) in [4.78, 5) is 15.4. The molecule has 0 unspecified atom stereocenters. The van der Waals surface area contributed by atoms with E-state index in [0.29, 0.717) is 0 Å². The van der Waals surface area contributed by atoms with Gasteiger partial charge in [-0.3, -0.25) is 5.84 Å². The van der Waals surface area contributed by atoms with E-state index in [0.717, 1.165) is 24.3 Å². The van der Waals surface area contributed by atoms with Crippen LogP contribution in [0.5, 0.6) is 0 Å². The summed E-state index contributed by atoms with van der Waals surface area (Å²) in [5.41, 5.74) is 0. The Morgan fingerprint density at radius 2 is 1.36 bits per heavy atom. The smallest absolute Gasteiger partial charge is 0.312 e. The highest BCUT2D eigenvalue weighted by atomic mass is 31.2. The van der Waals surface area contributed by atoms with Crippen molar-refractivity contribution >= 4 is 7.75 Å². The van der Waals surface area contributed by atoms with Gasteiger partial charge in [-0.15, -0.1) is 0 Å². The summed E-state index contributed by atoms with van der Waals surface area (Å²) in [7, 11) is -4.12. The monoisotopic (exact) mass is 226 g/mol. The van der Waals surface area contributed by atoms with Gasteiger partial charge in [-0.1, -0.05) is 0 Å². The molecule has 0 bridgehead atoms. The van der Waals surface area contributed by atoms with Crippen molar-refractivity contribution in [2.45, 2.75) is 0 Å². The van der Waals surface area contributed by atoms with Crippen LogP contribution in [0.1, 0.15) is 0 Å². The summed E-state index contributed by atoms with van der Waals surface area (Å²) >= 11 is 0. The first-order valence-corrected chi connectivity index (χ1v) is 4.91. The van der Waals surface area contributed by atoms with Crippen molar-refractivity contribution in [1.82, 2.24) is 5.20 Å². The summed E-state index contributed by atoms with van der Waals surface area (Å²) < 4.78 is 33.3. The van der Waals surface area contributed by atoms with Crippen molar-refractivity contribution in [1.29, 1.82) is 0 Å². The van der Waals surface area contributed by atoms with Crippen molar-refractivity contribution in [3.8, 4) is 0 Å². The number of rotatable bonds is 1. The van der Waals surface area contributed by atoms with E-state index in [9.17, 15) is 13.3 Å². The molecule has 14 heavy (non-hydrogen) atoms. The van der Waals surface area contributed by atoms with Crippen LogP contribution >= 0.6 is 7.75 Å². The second-order valence-corrected chi connectivity index (χ2v) is 3.46. The zero-order chi connectivity index (χ0) is 11.2. The fourth-order valence-corrected chi connectivity index (χ4v) is 0.430. The van der Waals surface area contributed by atoms with Crippen molar-refractivity contribution in [3.63, 3.8) is 0 Å². The number of hydrazine groups is 1. The quantitative estimate of drug-likeness (QED) is 0.318. The molecular formula is C6H9F2N2O3P. The Kier molecular flexibility index (Phi) is 5.44. The molecule has 0 spiro atoms. The Labute approximate surface area is 78.7 Å². The largest absolute Gasteiger partial charge is 0.413 e. The van der Waals surface area contributed by atoms with Crippen molar-refractivity contribution in [2.24, 2.45) is 5.84 Å². The lowest BCUT2D eigenvalue weighted by molar-refractivity contribution is 0.358. The third-order valence-electron chi connectivity index (χ3n) is 0.972. The highest BCUT2D eigenvalue weighted by molar-refractivity contribution is 7.49. The van der Waals surface area contributed by atoms with E-state index in [2.05, 4.69) is 5.84 Å². The van der Waals surface area contributed by atoms with Crippen LogP contribution in [-0.2, 0) is 4.57 Å². The normalized spacial score (nSPS) is 10.4. The molecule has 8 heteroatoms. The van der Waals surface area contributed by atoms with Gasteiger partial charge >= 0.3 is 7.75 Å². The zero-order valence-electron chi connectivity index (χ0n) is 6.89. The molecule has 0 aromatic heterocycles. The summed E-state index contributed by atoms with van der Waals surface area (Å²) in [5.74, 6) is 3.47. The predicted molar refractivity (Wildman–Crippen MR) is 45.7 cm³/mol. The molecule has 5 N–H and O–H groups in total. The third kappa shape index (κ3) is 7.78. The van der Waals surface area contributed by atoms with Crippen molar-refractivity contribution < 1.29 is 23.1 Å². The molecule has 0 radical (unpaired) electrons. The Balaban J connectivity index is 0.000000255. The molecule has 0 aliphatic carbocycles. The first-order valence-electron chi connectivity index (χ1n) is 3.29. The van der Waals surface area contributed by atoms with Gasteiger partial charge in [0.15, 0.2) is 0 Å². The van der Waals surface area contributed by atoms with Gasteiger partial charge in [0, 0.05) is 0 Å². The van der Waals surface area contributed by atoms with Crippen molar-refractivity contribution in [2.75, 3.05) is 0 Å². The number of hydrogen-bond acceptors (Lipinski definition) is 2. The molecule has 0 fully saturated rings. The second-order valence-electron chi connectivity index (χ2n) is 2.11. The lowest BCUT2D eigenvalue weighted by atomic mass is 10.3. The average Bonchev–Trinajstić information content (AvgIpc) is 2.10. The lowest BCUT2D eigenvalue weighted by Crippen LogP contribution is -2.16. The van der Waals surface area contributed by atoms with Crippen LogP contribution in [0.15, 0.2) is 24.3 Å². The summed E-state index contributed by atoms with van der Waals surface area (Å²) in [6, 6.07) is 4.31. The second kappa shape index (κ2) is 5.79. The Bertz CT molecular complexity index is 292. The maximum atomic E-state index is 11.9. The Morgan fingerprint density at radius 1 is 1.14 bits per heavy atom. The van der Waals surface area contributed by atoms with E-state index in [1.165, 1.54) is 5.20 Å². The number of halogens is 2. The van der Waals surface area contributed by atoms with Gasteiger partial charge in [-0.25, -0.2) is 13.3 Å². The van der Waals surface area contributed by atoms with Gasteiger partial charge in [0.1, 0.15) is 11.6 Å². The van der Waals surface area contributed by atoms with E-state index in [1.54, 1.807) is 0 Å².